The van der Waals surface area contributed by atoms with Gasteiger partial charge >= 0.3 is 0 Å². The van der Waals surface area contributed by atoms with Crippen LogP contribution in [-0.4, -0.2) is 56.9 Å². The van der Waals surface area contributed by atoms with E-state index in [0.717, 1.165) is 48.1 Å². The number of carbonyl (C=O) groups is 1. The van der Waals surface area contributed by atoms with E-state index < -0.39 is 0 Å². The van der Waals surface area contributed by atoms with Gasteiger partial charge in [0.1, 0.15) is 11.5 Å². The zero-order chi connectivity index (χ0) is 27.2. The summed E-state index contributed by atoms with van der Waals surface area (Å²) in [5.41, 5.74) is 2.68. The standard InChI is InChI=1S/C30H32ClN5O3/c1-21-7-3-6-10-26(21)39-20-28(37)35(24-8-4-5-9-24)17-18-36-30(23-11-12-27(38-2)25(31)19-23)33-29(34-36)22-13-15-32-16-14-22/h3,6-7,10-16,19,24H,4-5,8-9,17-18,20H2,1-2H3. The number of hydrogen-bond donors (Lipinski definition) is 0. The second-order valence-corrected chi connectivity index (χ2v) is 10.1. The highest BCUT2D eigenvalue weighted by molar-refractivity contribution is 6.32. The molecule has 1 fully saturated rings. The average Bonchev–Trinajstić information content (AvgIpc) is 3.64. The first-order valence-electron chi connectivity index (χ1n) is 13.2. The molecule has 0 radical (unpaired) electrons. The molecule has 0 N–H and O–H groups in total. The molecular formula is C30H32ClN5O3. The summed E-state index contributed by atoms with van der Waals surface area (Å²) < 4.78 is 13.1. The fourth-order valence-corrected chi connectivity index (χ4v) is 5.27. The third-order valence-corrected chi connectivity index (χ3v) is 7.40. The molecule has 0 unspecified atom stereocenters. The van der Waals surface area contributed by atoms with Gasteiger partial charge in [0.25, 0.3) is 5.91 Å². The van der Waals surface area contributed by atoms with E-state index in [-0.39, 0.29) is 18.6 Å². The maximum absolute atomic E-state index is 13.5. The van der Waals surface area contributed by atoms with Crippen molar-refractivity contribution in [1.29, 1.82) is 0 Å². The molecule has 2 heterocycles. The molecule has 39 heavy (non-hydrogen) atoms. The highest BCUT2D eigenvalue weighted by atomic mass is 35.5. The van der Waals surface area contributed by atoms with Crippen LogP contribution >= 0.6 is 11.6 Å². The Labute approximate surface area is 233 Å². The Bertz CT molecular complexity index is 1420. The van der Waals surface area contributed by atoms with Crippen molar-refractivity contribution in [1.82, 2.24) is 24.6 Å². The Morgan fingerprint density at radius 1 is 1.05 bits per heavy atom. The molecule has 8 nitrogen and oxygen atoms in total. The summed E-state index contributed by atoms with van der Waals surface area (Å²) in [7, 11) is 1.59. The van der Waals surface area contributed by atoms with E-state index in [1.165, 1.54) is 0 Å². The normalized spacial score (nSPS) is 13.4. The molecule has 0 aliphatic heterocycles. The van der Waals surface area contributed by atoms with Gasteiger partial charge in [0.15, 0.2) is 18.3 Å². The predicted octanol–water partition coefficient (Wildman–Crippen LogP) is 5.83. The molecule has 9 heteroatoms. The Morgan fingerprint density at radius 2 is 1.82 bits per heavy atom. The van der Waals surface area contributed by atoms with Gasteiger partial charge in [-0.15, -0.1) is 0 Å². The van der Waals surface area contributed by atoms with Gasteiger partial charge in [-0.3, -0.25) is 9.78 Å². The second kappa shape index (κ2) is 12.3. The number of benzene rings is 2. The first-order valence-corrected chi connectivity index (χ1v) is 13.6. The minimum absolute atomic E-state index is 0.00191. The van der Waals surface area contributed by atoms with Crippen LogP contribution in [0, 0.1) is 6.92 Å². The number of rotatable bonds is 10. The highest BCUT2D eigenvalue weighted by Gasteiger charge is 2.27. The van der Waals surface area contributed by atoms with Gasteiger partial charge in [-0.1, -0.05) is 42.6 Å². The van der Waals surface area contributed by atoms with E-state index in [4.69, 9.17) is 31.2 Å². The first kappa shape index (κ1) is 26.7. The van der Waals surface area contributed by atoms with Crippen LogP contribution in [0.15, 0.2) is 67.0 Å². The van der Waals surface area contributed by atoms with Crippen LogP contribution < -0.4 is 9.47 Å². The summed E-state index contributed by atoms with van der Waals surface area (Å²) in [4.78, 5) is 24.4. The number of aryl methyl sites for hydroxylation is 1. The van der Waals surface area contributed by atoms with Crippen LogP contribution in [0.3, 0.4) is 0 Å². The quantitative estimate of drug-likeness (QED) is 0.249. The highest BCUT2D eigenvalue weighted by Crippen LogP contribution is 2.31. The van der Waals surface area contributed by atoms with Crippen molar-refractivity contribution in [3.8, 4) is 34.3 Å². The number of halogens is 1. The Kier molecular flexibility index (Phi) is 8.42. The number of para-hydroxylation sites is 1. The minimum Gasteiger partial charge on any atom is -0.495 e. The topological polar surface area (TPSA) is 82.4 Å². The van der Waals surface area contributed by atoms with E-state index in [1.54, 1.807) is 19.5 Å². The van der Waals surface area contributed by atoms with E-state index in [9.17, 15) is 4.79 Å². The number of methoxy groups -OCH3 is 1. The van der Waals surface area contributed by atoms with Crippen molar-refractivity contribution in [2.45, 2.75) is 45.2 Å². The maximum Gasteiger partial charge on any atom is 0.260 e. The lowest BCUT2D eigenvalue weighted by Gasteiger charge is -2.29. The lowest BCUT2D eigenvalue weighted by molar-refractivity contribution is -0.135. The molecule has 1 saturated carbocycles. The van der Waals surface area contributed by atoms with Crippen molar-refractivity contribution in [3.05, 3.63) is 77.6 Å². The fraction of sp³-hybridized carbons (Fsp3) is 0.333. The lowest BCUT2D eigenvalue weighted by Crippen LogP contribution is -2.43. The number of hydrogen-bond acceptors (Lipinski definition) is 6. The fourth-order valence-electron chi connectivity index (χ4n) is 5.01. The van der Waals surface area contributed by atoms with E-state index in [0.29, 0.717) is 35.5 Å². The van der Waals surface area contributed by atoms with Crippen LogP contribution in [0.4, 0.5) is 0 Å². The number of aromatic nitrogens is 4. The Hall–Kier alpha value is -3.91. The molecular weight excluding hydrogens is 514 g/mol. The molecule has 2 aromatic carbocycles. The van der Waals surface area contributed by atoms with Crippen LogP contribution in [0.1, 0.15) is 31.2 Å². The van der Waals surface area contributed by atoms with Crippen molar-refractivity contribution < 1.29 is 14.3 Å². The van der Waals surface area contributed by atoms with E-state index >= 15 is 0 Å². The molecule has 2 aromatic heterocycles. The number of pyridine rings is 1. The van der Waals surface area contributed by atoms with Gasteiger partial charge in [-0.2, -0.15) is 5.10 Å². The van der Waals surface area contributed by atoms with Crippen molar-refractivity contribution in [2.24, 2.45) is 0 Å². The van der Waals surface area contributed by atoms with Crippen molar-refractivity contribution in [3.63, 3.8) is 0 Å². The molecule has 0 bridgehead atoms. The Morgan fingerprint density at radius 3 is 2.54 bits per heavy atom. The van der Waals surface area contributed by atoms with Crippen molar-refractivity contribution in [2.75, 3.05) is 20.3 Å². The average molecular weight is 546 g/mol. The summed E-state index contributed by atoms with van der Waals surface area (Å²) >= 11 is 6.45. The first-order chi connectivity index (χ1) is 19.0. The third kappa shape index (κ3) is 6.23. The summed E-state index contributed by atoms with van der Waals surface area (Å²) in [5.74, 6) is 2.55. The largest absolute Gasteiger partial charge is 0.495 e. The van der Waals surface area contributed by atoms with Crippen molar-refractivity contribution >= 4 is 17.5 Å². The third-order valence-electron chi connectivity index (χ3n) is 7.10. The monoisotopic (exact) mass is 545 g/mol. The lowest BCUT2D eigenvalue weighted by atomic mass is 10.2. The molecule has 1 amide bonds. The van der Waals surface area contributed by atoms with Crippen LogP contribution in [-0.2, 0) is 11.3 Å². The molecule has 202 valence electrons. The molecule has 0 saturated heterocycles. The molecule has 0 atom stereocenters. The zero-order valence-corrected chi connectivity index (χ0v) is 23.0. The molecule has 0 spiro atoms. The molecule has 1 aliphatic carbocycles. The van der Waals surface area contributed by atoms with Crippen LogP contribution in [0.25, 0.3) is 22.8 Å². The van der Waals surface area contributed by atoms with Gasteiger partial charge < -0.3 is 14.4 Å². The zero-order valence-electron chi connectivity index (χ0n) is 22.2. The summed E-state index contributed by atoms with van der Waals surface area (Å²) in [5, 5.41) is 5.32. The van der Waals surface area contributed by atoms with Gasteiger partial charge in [0, 0.05) is 36.1 Å². The molecule has 4 aromatic rings. The predicted molar refractivity (Wildman–Crippen MR) is 151 cm³/mol. The number of carbonyl (C=O) groups excluding carboxylic acids is 1. The second-order valence-electron chi connectivity index (χ2n) is 9.65. The summed E-state index contributed by atoms with van der Waals surface area (Å²) in [6.07, 6.45) is 7.67. The van der Waals surface area contributed by atoms with Gasteiger partial charge in [0.05, 0.1) is 18.7 Å². The molecule has 5 rings (SSSR count). The number of ether oxygens (including phenoxy) is 2. The van der Waals surface area contributed by atoms with E-state index in [1.807, 2.05) is 71.1 Å². The smallest absolute Gasteiger partial charge is 0.260 e. The van der Waals surface area contributed by atoms with E-state index in [2.05, 4.69) is 4.98 Å². The minimum atomic E-state index is -0.0198. The summed E-state index contributed by atoms with van der Waals surface area (Å²) in [6, 6.07) is 17.3. The van der Waals surface area contributed by atoms with Crippen LogP contribution in [0.2, 0.25) is 5.02 Å². The maximum atomic E-state index is 13.5. The summed E-state index contributed by atoms with van der Waals surface area (Å²) in [6.45, 7) is 2.95. The molecule has 1 aliphatic rings. The Balaban J connectivity index is 1.40. The van der Waals surface area contributed by atoms with Crippen LogP contribution in [0.5, 0.6) is 11.5 Å². The van der Waals surface area contributed by atoms with Gasteiger partial charge in [0.2, 0.25) is 0 Å². The SMILES string of the molecule is COc1ccc(-c2nc(-c3ccncc3)nn2CCN(C(=O)COc2ccccc2C)C2CCCC2)cc1Cl. The van der Waals surface area contributed by atoms with Gasteiger partial charge in [-0.05, 0) is 61.7 Å². The number of amides is 1. The number of nitrogens with zero attached hydrogens (tertiary/aromatic N) is 5. The van der Waals surface area contributed by atoms with Gasteiger partial charge in [-0.25, -0.2) is 9.67 Å².